The van der Waals surface area contributed by atoms with Gasteiger partial charge in [-0.05, 0) is 82.4 Å². The smallest absolute Gasteiger partial charge is 0.319 e. The molecule has 0 aliphatic carbocycles. The molecule has 40 heavy (non-hydrogen) atoms. The van der Waals surface area contributed by atoms with Crippen molar-refractivity contribution in [2.75, 3.05) is 34.3 Å². The molecule has 1 heterocycles. The third-order valence-corrected chi connectivity index (χ3v) is 7.62. The molecule has 1 saturated heterocycles. The summed E-state index contributed by atoms with van der Waals surface area (Å²) in [5.74, 6) is 1.32. The van der Waals surface area contributed by atoms with Gasteiger partial charge >= 0.3 is 6.03 Å². The molecule has 0 aromatic heterocycles. The molecule has 3 aromatic carbocycles. The maximum absolute atomic E-state index is 14.1. The molecule has 0 bridgehead atoms. The monoisotopic (exact) mass is 584 g/mol. The number of hydrogen-bond acceptors (Lipinski definition) is 5. The number of carbonyl (C=O) groups is 1. The van der Waals surface area contributed by atoms with Gasteiger partial charge in [-0.1, -0.05) is 47.5 Å². The molecule has 3 atom stereocenters. The van der Waals surface area contributed by atoms with E-state index in [9.17, 15) is 4.79 Å². The maximum Gasteiger partial charge on any atom is 0.319 e. The minimum absolute atomic E-state index is 0.0793. The molecule has 2 amide bonds. The number of hydrogen-bond donors (Lipinski definition) is 2. The Balaban J connectivity index is 1.91. The predicted octanol–water partition coefficient (Wildman–Crippen LogP) is 6.62. The molecule has 7 nitrogen and oxygen atoms in total. The lowest BCUT2D eigenvalue weighted by Crippen LogP contribution is -2.45. The van der Waals surface area contributed by atoms with Gasteiger partial charge in [0, 0.05) is 34.8 Å². The fraction of sp³-hybridized carbons (Fsp3) is 0.387. The standard InChI is InChI=1S/C31H38Cl2N4O3/c1-20(2)40-27-19-25(39-6)15-16-26(27)29-35-31(3,22-9-13-24(33)14-10-22)28(21-7-11-23(32)12-8-21)37(29)30(38)34-17-18-36(4)5/h7-16,19-20,28-29,35H,17-18H2,1-6H3,(H,34,38)/t28-,29?,31+/m1/s1. The first-order valence-corrected chi connectivity index (χ1v) is 14.1. The fourth-order valence-corrected chi connectivity index (χ4v) is 5.45. The van der Waals surface area contributed by atoms with Gasteiger partial charge in [0.05, 0.1) is 24.8 Å². The van der Waals surface area contributed by atoms with Gasteiger partial charge in [0.2, 0.25) is 0 Å². The van der Waals surface area contributed by atoms with Crippen molar-refractivity contribution in [3.05, 3.63) is 93.5 Å². The molecule has 9 heteroatoms. The Morgan fingerprint density at radius 2 is 1.68 bits per heavy atom. The van der Waals surface area contributed by atoms with Gasteiger partial charge in [-0.2, -0.15) is 0 Å². The number of urea groups is 1. The van der Waals surface area contributed by atoms with Crippen molar-refractivity contribution < 1.29 is 14.3 Å². The Morgan fingerprint density at radius 1 is 1.05 bits per heavy atom. The summed E-state index contributed by atoms with van der Waals surface area (Å²) < 4.78 is 11.8. The van der Waals surface area contributed by atoms with Crippen molar-refractivity contribution in [2.45, 2.75) is 44.6 Å². The molecular formula is C31H38Cl2N4O3. The second kappa shape index (κ2) is 12.7. The van der Waals surface area contributed by atoms with Gasteiger partial charge in [-0.3, -0.25) is 10.2 Å². The second-order valence-corrected chi connectivity index (χ2v) is 11.6. The molecular weight excluding hydrogens is 547 g/mol. The number of carbonyl (C=O) groups excluding carboxylic acids is 1. The summed E-state index contributed by atoms with van der Waals surface area (Å²) in [6, 6.07) is 20.5. The van der Waals surface area contributed by atoms with Crippen LogP contribution in [0.25, 0.3) is 0 Å². The van der Waals surface area contributed by atoms with Crippen LogP contribution in [0.1, 0.15) is 49.7 Å². The van der Waals surface area contributed by atoms with Crippen LogP contribution < -0.4 is 20.1 Å². The van der Waals surface area contributed by atoms with Crippen molar-refractivity contribution in [3.63, 3.8) is 0 Å². The second-order valence-electron chi connectivity index (χ2n) is 10.7. The van der Waals surface area contributed by atoms with Crippen LogP contribution in [0, 0.1) is 0 Å². The Hall–Kier alpha value is -2.97. The van der Waals surface area contributed by atoms with Gasteiger partial charge in [0.25, 0.3) is 0 Å². The van der Waals surface area contributed by atoms with E-state index in [1.165, 1.54) is 0 Å². The molecule has 1 aliphatic rings. The predicted molar refractivity (Wildman–Crippen MR) is 161 cm³/mol. The summed E-state index contributed by atoms with van der Waals surface area (Å²) in [7, 11) is 5.58. The van der Waals surface area contributed by atoms with Crippen LogP contribution in [0.15, 0.2) is 66.7 Å². The van der Waals surface area contributed by atoms with Crippen molar-refractivity contribution in [1.82, 2.24) is 20.4 Å². The lowest BCUT2D eigenvalue weighted by Gasteiger charge is -2.36. The zero-order chi connectivity index (χ0) is 29.0. The zero-order valence-corrected chi connectivity index (χ0v) is 25.4. The largest absolute Gasteiger partial charge is 0.497 e. The lowest BCUT2D eigenvalue weighted by atomic mass is 9.82. The number of ether oxygens (including phenoxy) is 2. The SMILES string of the molecule is COc1ccc(C2N[C@@](C)(c3ccc(Cl)cc3)[C@@H](c3ccc(Cl)cc3)N2C(=O)NCCN(C)C)c(OC(C)C)c1. The van der Waals surface area contributed by atoms with Crippen LogP contribution in [-0.2, 0) is 5.54 Å². The van der Waals surface area contributed by atoms with E-state index in [-0.39, 0.29) is 12.1 Å². The highest BCUT2D eigenvalue weighted by molar-refractivity contribution is 6.30. The van der Waals surface area contributed by atoms with E-state index in [0.29, 0.717) is 34.6 Å². The van der Waals surface area contributed by atoms with Crippen LogP contribution in [0.2, 0.25) is 10.0 Å². The fourth-order valence-electron chi connectivity index (χ4n) is 5.20. The summed E-state index contributed by atoms with van der Waals surface area (Å²) in [4.78, 5) is 18.0. The first kappa shape index (κ1) is 30.0. The summed E-state index contributed by atoms with van der Waals surface area (Å²) in [5, 5.41) is 8.24. The van der Waals surface area contributed by atoms with Gasteiger partial charge in [-0.25, -0.2) is 4.79 Å². The minimum Gasteiger partial charge on any atom is -0.497 e. The summed E-state index contributed by atoms with van der Waals surface area (Å²) >= 11 is 12.6. The van der Waals surface area contributed by atoms with Gasteiger partial charge in [-0.15, -0.1) is 0 Å². The van der Waals surface area contributed by atoms with Gasteiger partial charge in [0.1, 0.15) is 17.7 Å². The number of rotatable bonds is 9. The number of halogens is 2. The first-order valence-electron chi connectivity index (χ1n) is 13.4. The summed E-state index contributed by atoms with van der Waals surface area (Å²) in [6.07, 6.45) is -0.607. The number of nitrogens with one attached hydrogen (secondary N) is 2. The minimum atomic E-state index is -0.697. The molecule has 3 aromatic rings. The average molecular weight is 586 g/mol. The lowest BCUT2D eigenvalue weighted by molar-refractivity contribution is 0.160. The normalized spacial score (nSPS) is 20.7. The number of methoxy groups -OCH3 is 1. The Kier molecular flexibility index (Phi) is 9.52. The van der Waals surface area contributed by atoms with E-state index in [1.54, 1.807) is 7.11 Å². The topological polar surface area (TPSA) is 66.1 Å². The Morgan fingerprint density at radius 3 is 2.25 bits per heavy atom. The van der Waals surface area contributed by atoms with Crippen LogP contribution in [-0.4, -0.2) is 56.2 Å². The third-order valence-electron chi connectivity index (χ3n) is 7.12. The zero-order valence-electron chi connectivity index (χ0n) is 23.9. The molecule has 1 unspecified atom stereocenters. The molecule has 214 valence electrons. The highest BCUT2D eigenvalue weighted by atomic mass is 35.5. The molecule has 0 radical (unpaired) electrons. The molecule has 4 rings (SSSR count). The van der Waals surface area contributed by atoms with E-state index in [0.717, 1.165) is 16.7 Å². The molecule has 1 fully saturated rings. The Bertz CT molecular complexity index is 1300. The van der Waals surface area contributed by atoms with Crippen molar-refractivity contribution in [1.29, 1.82) is 0 Å². The van der Waals surface area contributed by atoms with E-state index >= 15 is 0 Å². The van der Waals surface area contributed by atoms with E-state index in [1.807, 2.05) is 104 Å². The van der Waals surface area contributed by atoms with Crippen molar-refractivity contribution >= 4 is 29.2 Å². The van der Waals surface area contributed by atoms with Gasteiger partial charge < -0.3 is 19.7 Å². The molecule has 1 aliphatic heterocycles. The van der Waals surface area contributed by atoms with Crippen LogP contribution in [0.4, 0.5) is 4.79 Å². The first-order chi connectivity index (χ1) is 19.0. The van der Waals surface area contributed by atoms with E-state index in [4.69, 9.17) is 32.7 Å². The Labute approximate surface area is 247 Å². The summed E-state index contributed by atoms with van der Waals surface area (Å²) in [5.41, 5.74) is 2.07. The highest BCUT2D eigenvalue weighted by Gasteiger charge is 2.53. The van der Waals surface area contributed by atoms with Crippen LogP contribution >= 0.6 is 23.2 Å². The molecule has 0 spiro atoms. The quantitative estimate of drug-likeness (QED) is 0.296. The van der Waals surface area contributed by atoms with Crippen LogP contribution in [0.3, 0.4) is 0 Å². The molecule has 2 N–H and O–H groups in total. The number of benzene rings is 3. The summed E-state index contributed by atoms with van der Waals surface area (Å²) in [6.45, 7) is 7.28. The van der Waals surface area contributed by atoms with Crippen molar-refractivity contribution in [2.24, 2.45) is 0 Å². The van der Waals surface area contributed by atoms with E-state index < -0.39 is 17.7 Å². The highest BCUT2D eigenvalue weighted by Crippen LogP contribution is 2.51. The average Bonchev–Trinajstić information content (AvgIpc) is 3.22. The third kappa shape index (κ3) is 6.50. The van der Waals surface area contributed by atoms with Crippen LogP contribution in [0.5, 0.6) is 11.5 Å². The number of likely N-dealkylation sites (N-methyl/N-ethyl adjacent to an activating group) is 1. The number of nitrogens with zero attached hydrogens (tertiary/aromatic N) is 2. The van der Waals surface area contributed by atoms with Crippen molar-refractivity contribution in [3.8, 4) is 11.5 Å². The number of amides is 2. The van der Waals surface area contributed by atoms with Gasteiger partial charge in [0.15, 0.2) is 0 Å². The van der Waals surface area contributed by atoms with E-state index in [2.05, 4.69) is 17.6 Å². The molecule has 0 saturated carbocycles. The maximum atomic E-state index is 14.1.